The lowest BCUT2D eigenvalue weighted by molar-refractivity contribution is 0.0697. The third-order valence-corrected chi connectivity index (χ3v) is 3.23. The van der Waals surface area contributed by atoms with Crippen LogP contribution in [-0.4, -0.2) is 16.2 Å². The maximum atomic E-state index is 11.0. The highest BCUT2D eigenvalue weighted by Crippen LogP contribution is 2.24. The van der Waals surface area contributed by atoms with E-state index in [9.17, 15) is 9.90 Å². The lowest BCUT2D eigenvalue weighted by Gasteiger charge is -2.11. The first-order chi connectivity index (χ1) is 9.47. The summed E-state index contributed by atoms with van der Waals surface area (Å²) in [5.74, 6) is -0.826. The summed E-state index contributed by atoms with van der Waals surface area (Å²) in [7, 11) is 0. The number of carbonyl (C=O) groups is 1. The molecule has 104 valence electrons. The van der Waals surface area contributed by atoms with Crippen molar-refractivity contribution in [2.75, 3.05) is 5.32 Å². The molecule has 0 heterocycles. The average Bonchev–Trinajstić information content (AvgIpc) is 2.41. The smallest absolute Gasteiger partial charge is 0.335 e. The molecule has 3 N–H and O–H groups in total. The van der Waals surface area contributed by atoms with Crippen LogP contribution >= 0.6 is 11.6 Å². The average molecular weight is 292 g/mol. The number of benzene rings is 2. The molecule has 0 aliphatic carbocycles. The normalized spacial score (nSPS) is 10.3. The van der Waals surface area contributed by atoms with Gasteiger partial charge in [-0.3, -0.25) is 0 Å². The van der Waals surface area contributed by atoms with Crippen molar-refractivity contribution in [2.45, 2.75) is 13.5 Å². The van der Waals surface area contributed by atoms with Crippen molar-refractivity contribution in [1.29, 1.82) is 0 Å². The summed E-state index contributed by atoms with van der Waals surface area (Å²) in [4.78, 5) is 11.0. The highest BCUT2D eigenvalue weighted by Gasteiger charge is 2.07. The maximum absolute atomic E-state index is 11.0. The van der Waals surface area contributed by atoms with Crippen LogP contribution in [0.15, 0.2) is 36.4 Å². The van der Waals surface area contributed by atoms with E-state index >= 15 is 0 Å². The quantitative estimate of drug-likeness (QED) is 0.804. The Morgan fingerprint density at radius 2 is 2.00 bits per heavy atom. The van der Waals surface area contributed by atoms with Gasteiger partial charge in [-0.2, -0.15) is 0 Å². The van der Waals surface area contributed by atoms with Crippen molar-refractivity contribution in [3.05, 3.63) is 58.1 Å². The maximum Gasteiger partial charge on any atom is 0.335 e. The topological polar surface area (TPSA) is 69.6 Å². The number of carboxylic acids is 1. The van der Waals surface area contributed by atoms with Gasteiger partial charge in [-0.25, -0.2) is 4.79 Å². The number of phenols is 1. The molecule has 0 unspecified atom stereocenters. The number of nitrogens with one attached hydrogen (secondary N) is 1. The zero-order chi connectivity index (χ0) is 14.7. The van der Waals surface area contributed by atoms with E-state index in [0.717, 1.165) is 5.56 Å². The first-order valence-electron chi connectivity index (χ1n) is 6.02. The van der Waals surface area contributed by atoms with Crippen LogP contribution in [-0.2, 0) is 6.54 Å². The standard InChI is InChI=1S/C15H14ClNO3/c1-9-2-3-10(15(19)20)7-13(9)17-8-11-6-12(16)4-5-14(11)18/h2-7,17-18H,8H2,1H3,(H,19,20). The molecule has 0 saturated heterocycles. The van der Waals surface area contributed by atoms with Crippen LogP contribution in [0.3, 0.4) is 0 Å². The number of hydrogen-bond acceptors (Lipinski definition) is 3. The van der Waals surface area contributed by atoms with E-state index in [1.807, 2.05) is 6.92 Å². The number of phenolic OH excluding ortho intramolecular Hbond substituents is 1. The van der Waals surface area contributed by atoms with E-state index in [1.165, 1.54) is 6.07 Å². The summed E-state index contributed by atoms with van der Waals surface area (Å²) in [5.41, 5.74) is 2.51. The SMILES string of the molecule is Cc1ccc(C(=O)O)cc1NCc1cc(Cl)ccc1O. The van der Waals surface area contributed by atoms with Crippen LogP contribution in [0.1, 0.15) is 21.5 Å². The Hall–Kier alpha value is -2.20. The van der Waals surface area contributed by atoms with Crippen LogP contribution in [0.25, 0.3) is 0 Å². The number of aromatic hydroxyl groups is 1. The summed E-state index contributed by atoms with van der Waals surface area (Å²) in [6, 6.07) is 9.67. The van der Waals surface area contributed by atoms with E-state index < -0.39 is 5.97 Å². The predicted octanol–water partition coefficient (Wildman–Crippen LogP) is 3.66. The van der Waals surface area contributed by atoms with Crippen molar-refractivity contribution in [2.24, 2.45) is 0 Å². The Bertz CT molecular complexity index is 656. The number of halogens is 1. The van der Waals surface area contributed by atoms with Crippen LogP contribution in [0.4, 0.5) is 5.69 Å². The summed E-state index contributed by atoms with van der Waals surface area (Å²) >= 11 is 5.88. The minimum atomic E-state index is -0.973. The fourth-order valence-corrected chi connectivity index (χ4v) is 2.03. The third-order valence-electron chi connectivity index (χ3n) is 3.00. The fraction of sp³-hybridized carbons (Fsp3) is 0.133. The van der Waals surface area contributed by atoms with Gasteiger partial charge < -0.3 is 15.5 Å². The van der Waals surface area contributed by atoms with E-state index in [4.69, 9.17) is 16.7 Å². The summed E-state index contributed by atoms with van der Waals surface area (Å²) in [6.45, 7) is 2.24. The lowest BCUT2D eigenvalue weighted by atomic mass is 10.1. The van der Waals surface area contributed by atoms with Crippen LogP contribution in [0.2, 0.25) is 5.02 Å². The molecule has 0 spiro atoms. The van der Waals surface area contributed by atoms with Gasteiger partial charge in [0.2, 0.25) is 0 Å². The minimum absolute atomic E-state index is 0.147. The molecule has 2 aromatic carbocycles. The van der Waals surface area contributed by atoms with Crippen LogP contribution in [0.5, 0.6) is 5.75 Å². The van der Waals surface area contributed by atoms with E-state index in [-0.39, 0.29) is 11.3 Å². The Kier molecular flexibility index (Phi) is 4.15. The van der Waals surface area contributed by atoms with Crippen molar-refractivity contribution in [1.82, 2.24) is 0 Å². The highest BCUT2D eigenvalue weighted by atomic mass is 35.5. The van der Waals surface area contributed by atoms with Gasteiger partial charge in [0.05, 0.1) is 5.56 Å². The number of aryl methyl sites for hydroxylation is 1. The van der Waals surface area contributed by atoms with Crippen molar-refractivity contribution >= 4 is 23.3 Å². The van der Waals surface area contributed by atoms with Crippen LogP contribution in [0, 0.1) is 6.92 Å². The molecule has 0 fully saturated rings. The first-order valence-corrected chi connectivity index (χ1v) is 6.40. The molecule has 0 aliphatic rings. The molecule has 0 bridgehead atoms. The Morgan fingerprint density at radius 1 is 1.25 bits per heavy atom. The van der Waals surface area contributed by atoms with Crippen molar-refractivity contribution < 1.29 is 15.0 Å². The fourth-order valence-electron chi connectivity index (χ4n) is 1.83. The van der Waals surface area contributed by atoms with Gasteiger partial charge in [-0.1, -0.05) is 17.7 Å². The lowest BCUT2D eigenvalue weighted by Crippen LogP contribution is -2.04. The summed E-state index contributed by atoms with van der Waals surface area (Å²) < 4.78 is 0. The van der Waals surface area contributed by atoms with Crippen molar-refractivity contribution in [3.8, 4) is 5.75 Å². The highest BCUT2D eigenvalue weighted by molar-refractivity contribution is 6.30. The first kappa shape index (κ1) is 14.2. The van der Waals surface area contributed by atoms with Gasteiger partial charge in [-0.15, -0.1) is 0 Å². The predicted molar refractivity (Wildman–Crippen MR) is 78.6 cm³/mol. The second kappa shape index (κ2) is 5.84. The molecular weight excluding hydrogens is 278 g/mol. The zero-order valence-electron chi connectivity index (χ0n) is 10.9. The van der Waals surface area contributed by atoms with Gasteiger partial charge >= 0.3 is 5.97 Å². The zero-order valence-corrected chi connectivity index (χ0v) is 11.6. The largest absolute Gasteiger partial charge is 0.508 e. The number of aromatic carboxylic acids is 1. The minimum Gasteiger partial charge on any atom is -0.508 e. The molecule has 5 heteroatoms. The van der Waals surface area contributed by atoms with Gasteiger partial charge in [0.15, 0.2) is 0 Å². The van der Waals surface area contributed by atoms with Gasteiger partial charge in [0, 0.05) is 22.8 Å². The van der Waals surface area contributed by atoms with Crippen molar-refractivity contribution in [3.63, 3.8) is 0 Å². The van der Waals surface area contributed by atoms with E-state index in [0.29, 0.717) is 22.8 Å². The molecule has 0 saturated carbocycles. The summed E-state index contributed by atoms with van der Waals surface area (Å²) in [5, 5.41) is 22.4. The number of carboxylic acid groups (broad SMARTS) is 1. The molecule has 2 aromatic rings. The molecule has 20 heavy (non-hydrogen) atoms. The molecule has 2 rings (SSSR count). The molecule has 4 nitrogen and oxygen atoms in total. The monoisotopic (exact) mass is 291 g/mol. The molecule has 0 atom stereocenters. The Labute approximate surface area is 121 Å². The summed E-state index contributed by atoms with van der Waals surface area (Å²) in [6.07, 6.45) is 0. The molecular formula is C15H14ClNO3. The van der Waals surface area contributed by atoms with Gasteiger partial charge in [0.25, 0.3) is 0 Å². The van der Waals surface area contributed by atoms with E-state index in [1.54, 1.807) is 30.3 Å². The number of anilines is 1. The molecule has 0 aromatic heterocycles. The van der Waals surface area contributed by atoms with Gasteiger partial charge in [-0.05, 0) is 42.8 Å². The molecule has 0 aliphatic heterocycles. The third kappa shape index (κ3) is 3.22. The Morgan fingerprint density at radius 3 is 2.70 bits per heavy atom. The van der Waals surface area contributed by atoms with E-state index in [2.05, 4.69) is 5.32 Å². The number of rotatable bonds is 4. The number of hydrogen-bond donors (Lipinski definition) is 3. The molecule has 0 amide bonds. The second-order valence-electron chi connectivity index (χ2n) is 4.46. The second-order valence-corrected chi connectivity index (χ2v) is 4.90. The van der Waals surface area contributed by atoms with Gasteiger partial charge in [0.1, 0.15) is 5.75 Å². The molecule has 0 radical (unpaired) electrons. The Balaban J connectivity index is 2.20. The van der Waals surface area contributed by atoms with Crippen LogP contribution < -0.4 is 5.32 Å².